The highest BCUT2D eigenvalue weighted by Gasteiger charge is 2.24. The summed E-state index contributed by atoms with van der Waals surface area (Å²) < 4.78 is 0. The van der Waals surface area contributed by atoms with Crippen LogP contribution in [0.2, 0.25) is 10.0 Å². The van der Waals surface area contributed by atoms with Crippen LogP contribution in [0.3, 0.4) is 0 Å². The maximum atomic E-state index is 12.0. The molecule has 1 heterocycles. The third kappa shape index (κ3) is 4.88. The maximum absolute atomic E-state index is 12.0. The van der Waals surface area contributed by atoms with Gasteiger partial charge in [-0.3, -0.25) is 14.5 Å². The fourth-order valence-electron chi connectivity index (χ4n) is 2.41. The first kappa shape index (κ1) is 16.1. The van der Waals surface area contributed by atoms with Gasteiger partial charge >= 0.3 is 0 Å². The first-order chi connectivity index (χ1) is 9.94. The minimum atomic E-state index is -0.257. The van der Waals surface area contributed by atoms with E-state index in [2.05, 4.69) is 5.32 Å². The first-order valence-electron chi connectivity index (χ1n) is 6.71. The zero-order valence-electron chi connectivity index (χ0n) is 11.4. The first-order valence-corrected chi connectivity index (χ1v) is 7.47. The van der Waals surface area contributed by atoms with Crippen LogP contribution in [-0.4, -0.2) is 36.3 Å². The van der Waals surface area contributed by atoms with E-state index in [1.165, 1.54) is 0 Å². The van der Waals surface area contributed by atoms with Crippen molar-refractivity contribution in [3.63, 3.8) is 0 Å². The van der Waals surface area contributed by atoms with E-state index in [4.69, 9.17) is 28.9 Å². The van der Waals surface area contributed by atoms with Gasteiger partial charge in [-0.05, 0) is 44.1 Å². The predicted molar refractivity (Wildman–Crippen MR) is 83.5 cm³/mol. The lowest BCUT2D eigenvalue weighted by Gasteiger charge is -2.29. The molecule has 1 fully saturated rings. The second kappa shape index (κ2) is 7.11. The monoisotopic (exact) mass is 329 g/mol. The molecule has 1 aromatic carbocycles. The van der Waals surface area contributed by atoms with E-state index in [1.807, 2.05) is 4.90 Å². The van der Waals surface area contributed by atoms with Crippen LogP contribution in [0, 0.1) is 5.92 Å². The number of nitrogens with one attached hydrogen (secondary N) is 1. The summed E-state index contributed by atoms with van der Waals surface area (Å²) >= 11 is 11.8. The fourth-order valence-corrected chi connectivity index (χ4v) is 2.93. The molecule has 0 bridgehead atoms. The van der Waals surface area contributed by atoms with Crippen molar-refractivity contribution in [2.75, 3.05) is 25.0 Å². The lowest BCUT2D eigenvalue weighted by atomic mass is 9.96. The number of rotatable bonds is 4. The van der Waals surface area contributed by atoms with Crippen LogP contribution < -0.4 is 11.1 Å². The van der Waals surface area contributed by atoms with E-state index in [0.717, 1.165) is 0 Å². The number of primary amides is 1. The Morgan fingerprint density at radius 1 is 1.19 bits per heavy atom. The number of amides is 2. The van der Waals surface area contributed by atoms with Crippen molar-refractivity contribution >= 4 is 40.7 Å². The molecule has 0 unspecified atom stereocenters. The molecule has 2 amide bonds. The van der Waals surface area contributed by atoms with Gasteiger partial charge in [0.2, 0.25) is 11.8 Å². The highest BCUT2D eigenvalue weighted by molar-refractivity contribution is 6.35. The van der Waals surface area contributed by atoms with Gasteiger partial charge in [0.1, 0.15) is 0 Å². The van der Waals surface area contributed by atoms with Crippen molar-refractivity contribution in [2.24, 2.45) is 11.7 Å². The third-order valence-electron chi connectivity index (χ3n) is 3.50. The fraction of sp³-hybridized carbons (Fsp3) is 0.429. The van der Waals surface area contributed by atoms with E-state index in [1.54, 1.807) is 18.2 Å². The number of piperidine rings is 1. The second-order valence-electron chi connectivity index (χ2n) is 5.16. The molecule has 0 saturated carbocycles. The van der Waals surface area contributed by atoms with Crippen molar-refractivity contribution in [1.29, 1.82) is 0 Å². The van der Waals surface area contributed by atoms with Gasteiger partial charge in [-0.25, -0.2) is 0 Å². The van der Waals surface area contributed by atoms with Crippen molar-refractivity contribution < 1.29 is 9.59 Å². The van der Waals surface area contributed by atoms with Crippen molar-refractivity contribution in [3.8, 4) is 0 Å². The zero-order chi connectivity index (χ0) is 15.4. The van der Waals surface area contributed by atoms with Crippen LogP contribution >= 0.6 is 23.2 Å². The summed E-state index contributed by atoms with van der Waals surface area (Å²) in [5.41, 5.74) is 5.86. The topological polar surface area (TPSA) is 75.4 Å². The SMILES string of the molecule is NC(=O)C1CCN(CC(=O)Nc2cc(Cl)cc(Cl)c2)CC1. The third-order valence-corrected chi connectivity index (χ3v) is 3.94. The minimum absolute atomic E-state index is 0.0731. The molecule has 0 aliphatic carbocycles. The number of likely N-dealkylation sites (tertiary alicyclic amines) is 1. The average Bonchev–Trinajstić information content (AvgIpc) is 2.37. The molecule has 114 valence electrons. The molecule has 7 heteroatoms. The van der Waals surface area contributed by atoms with Crippen LogP contribution in [0.1, 0.15) is 12.8 Å². The zero-order valence-corrected chi connectivity index (χ0v) is 13.0. The number of anilines is 1. The summed E-state index contributed by atoms with van der Waals surface area (Å²) in [5.74, 6) is -0.463. The molecule has 0 aromatic heterocycles. The summed E-state index contributed by atoms with van der Waals surface area (Å²) in [4.78, 5) is 25.1. The Balaban J connectivity index is 1.84. The van der Waals surface area contributed by atoms with E-state index in [-0.39, 0.29) is 24.3 Å². The summed E-state index contributed by atoms with van der Waals surface area (Å²) in [6.45, 7) is 1.66. The molecule has 1 aromatic rings. The number of carbonyl (C=O) groups excluding carboxylic acids is 2. The Morgan fingerprint density at radius 3 is 2.29 bits per heavy atom. The smallest absolute Gasteiger partial charge is 0.238 e. The quantitative estimate of drug-likeness (QED) is 0.888. The van der Waals surface area contributed by atoms with E-state index in [9.17, 15) is 9.59 Å². The van der Waals surface area contributed by atoms with E-state index in [0.29, 0.717) is 41.7 Å². The van der Waals surface area contributed by atoms with Gasteiger partial charge in [-0.2, -0.15) is 0 Å². The maximum Gasteiger partial charge on any atom is 0.238 e. The molecular formula is C14H17Cl2N3O2. The van der Waals surface area contributed by atoms with Crippen LogP contribution in [0.25, 0.3) is 0 Å². The lowest BCUT2D eigenvalue weighted by molar-refractivity contribution is -0.123. The molecule has 3 N–H and O–H groups in total. The van der Waals surface area contributed by atoms with Crippen LogP contribution in [-0.2, 0) is 9.59 Å². The standard InChI is InChI=1S/C14H17Cl2N3O2/c15-10-5-11(16)7-12(6-10)18-13(20)8-19-3-1-9(2-4-19)14(17)21/h5-7,9H,1-4,8H2,(H2,17,21)(H,18,20). The summed E-state index contributed by atoms with van der Waals surface area (Å²) in [6, 6.07) is 4.89. The van der Waals surface area contributed by atoms with Crippen LogP contribution in [0.5, 0.6) is 0 Å². The molecule has 1 saturated heterocycles. The Bertz CT molecular complexity index is 523. The summed E-state index contributed by atoms with van der Waals surface area (Å²) in [7, 11) is 0. The van der Waals surface area contributed by atoms with Gasteiger partial charge in [0.15, 0.2) is 0 Å². The van der Waals surface area contributed by atoms with Crippen molar-refractivity contribution in [3.05, 3.63) is 28.2 Å². The molecule has 0 radical (unpaired) electrons. The van der Waals surface area contributed by atoms with Crippen LogP contribution in [0.4, 0.5) is 5.69 Å². The van der Waals surface area contributed by atoms with Gasteiger partial charge < -0.3 is 11.1 Å². The average molecular weight is 330 g/mol. The van der Waals surface area contributed by atoms with Gasteiger partial charge in [-0.1, -0.05) is 23.2 Å². The molecule has 0 spiro atoms. The predicted octanol–water partition coefficient (Wildman–Crippen LogP) is 2.13. The number of nitrogens with zero attached hydrogens (tertiary/aromatic N) is 1. The highest BCUT2D eigenvalue weighted by atomic mass is 35.5. The largest absolute Gasteiger partial charge is 0.369 e. The highest BCUT2D eigenvalue weighted by Crippen LogP contribution is 2.22. The summed E-state index contributed by atoms with van der Waals surface area (Å²) in [6.07, 6.45) is 1.40. The van der Waals surface area contributed by atoms with Crippen molar-refractivity contribution in [2.45, 2.75) is 12.8 Å². The molecule has 1 aliphatic rings. The number of carbonyl (C=O) groups is 2. The Kier molecular flexibility index (Phi) is 5.45. The molecular weight excluding hydrogens is 313 g/mol. The molecule has 5 nitrogen and oxygen atoms in total. The number of nitrogens with two attached hydrogens (primary N) is 1. The molecule has 2 rings (SSSR count). The summed E-state index contributed by atoms with van der Waals surface area (Å²) in [5, 5.41) is 3.71. The van der Waals surface area contributed by atoms with Crippen molar-refractivity contribution in [1.82, 2.24) is 4.90 Å². The number of halogens is 2. The Hall–Kier alpha value is -1.30. The second-order valence-corrected chi connectivity index (χ2v) is 6.03. The number of hydrogen-bond acceptors (Lipinski definition) is 3. The van der Waals surface area contributed by atoms with E-state index < -0.39 is 0 Å². The minimum Gasteiger partial charge on any atom is -0.369 e. The van der Waals surface area contributed by atoms with Gasteiger partial charge in [0.05, 0.1) is 6.54 Å². The van der Waals surface area contributed by atoms with Gasteiger partial charge in [0, 0.05) is 21.7 Å². The van der Waals surface area contributed by atoms with Gasteiger partial charge in [-0.15, -0.1) is 0 Å². The van der Waals surface area contributed by atoms with E-state index >= 15 is 0 Å². The van der Waals surface area contributed by atoms with Crippen LogP contribution in [0.15, 0.2) is 18.2 Å². The molecule has 1 aliphatic heterocycles. The molecule has 0 atom stereocenters. The molecule has 21 heavy (non-hydrogen) atoms. The Morgan fingerprint density at radius 2 is 1.76 bits per heavy atom. The Labute approximate surface area is 133 Å². The van der Waals surface area contributed by atoms with Gasteiger partial charge in [0.25, 0.3) is 0 Å². The number of hydrogen-bond donors (Lipinski definition) is 2. The lowest BCUT2D eigenvalue weighted by Crippen LogP contribution is -2.42. The number of benzene rings is 1. The normalized spacial score (nSPS) is 16.7.